The van der Waals surface area contributed by atoms with E-state index in [9.17, 15) is 9.59 Å². The number of hydrogen-bond acceptors (Lipinski definition) is 3. The lowest BCUT2D eigenvalue weighted by Gasteiger charge is -2.10. The molecule has 2 aromatic heterocycles. The highest BCUT2D eigenvalue weighted by atomic mass is 35.5. The lowest BCUT2D eigenvalue weighted by Crippen LogP contribution is -2.23. The van der Waals surface area contributed by atoms with Gasteiger partial charge < -0.3 is 9.88 Å². The number of ketones is 1. The smallest absolute Gasteiger partial charge is 0.296 e. The van der Waals surface area contributed by atoms with E-state index in [0.717, 1.165) is 17.0 Å². The standard InChI is InChI=1S/C20H17Cl2N3O2/c1-12-9-17(13(2)25(12)11-14-3-5-15(21)6-4-14)19(26)20(27)24-16-7-8-23-18(22)10-16/h3-10H,11H2,1-2H3,(H,23,24,27). The number of pyridine rings is 1. The van der Waals surface area contributed by atoms with E-state index in [1.54, 1.807) is 12.1 Å². The molecule has 0 aliphatic heterocycles. The predicted octanol–water partition coefficient (Wildman–Crippen LogP) is 4.68. The molecule has 5 nitrogen and oxygen atoms in total. The summed E-state index contributed by atoms with van der Waals surface area (Å²) in [5.41, 5.74) is 3.47. The maximum Gasteiger partial charge on any atom is 0.296 e. The number of nitrogens with zero attached hydrogens (tertiary/aromatic N) is 2. The number of carbonyl (C=O) groups is 2. The van der Waals surface area contributed by atoms with Crippen LogP contribution in [0.1, 0.15) is 27.3 Å². The molecule has 138 valence electrons. The molecule has 0 radical (unpaired) electrons. The van der Waals surface area contributed by atoms with Gasteiger partial charge in [0.15, 0.2) is 0 Å². The van der Waals surface area contributed by atoms with Crippen molar-refractivity contribution in [1.29, 1.82) is 0 Å². The quantitative estimate of drug-likeness (QED) is 0.383. The summed E-state index contributed by atoms with van der Waals surface area (Å²) in [7, 11) is 0. The van der Waals surface area contributed by atoms with Crippen LogP contribution in [0.25, 0.3) is 0 Å². The van der Waals surface area contributed by atoms with Gasteiger partial charge >= 0.3 is 0 Å². The Bertz CT molecular complexity index is 1010. The molecule has 0 fully saturated rings. The Hall–Kier alpha value is -2.63. The fraction of sp³-hybridized carbons (Fsp3) is 0.150. The predicted molar refractivity (Wildman–Crippen MR) is 107 cm³/mol. The van der Waals surface area contributed by atoms with Gasteiger partial charge in [-0.1, -0.05) is 35.3 Å². The molecule has 1 N–H and O–H groups in total. The number of benzene rings is 1. The second kappa shape index (κ2) is 7.94. The van der Waals surface area contributed by atoms with Crippen LogP contribution in [0.5, 0.6) is 0 Å². The first-order chi connectivity index (χ1) is 12.8. The topological polar surface area (TPSA) is 64.0 Å². The molecule has 3 aromatic rings. The Kier molecular flexibility index (Phi) is 5.63. The molecule has 0 aliphatic rings. The van der Waals surface area contributed by atoms with E-state index in [1.165, 1.54) is 12.3 Å². The molecule has 1 aromatic carbocycles. The fourth-order valence-corrected chi connectivity index (χ4v) is 3.14. The largest absolute Gasteiger partial charge is 0.344 e. The third kappa shape index (κ3) is 4.38. The highest BCUT2D eigenvalue weighted by Crippen LogP contribution is 2.20. The van der Waals surface area contributed by atoms with E-state index < -0.39 is 11.7 Å². The zero-order valence-electron chi connectivity index (χ0n) is 14.8. The Labute approximate surface area is 166 Å². The number of amides is 1. The molecule has 0 bridgehead atoms. The molecule has 0 unspecified atom stereocenters. The van der Waals surface area contributed by atoms with Crippen LogP contribution in [0.15, 0.2) is 48.7 Å². The highest BCUT2D eigenvalue weighted by molar-refractivity contribution is 6.46. The number of hydrogen-bond donors (Lipinski definition) is 1. The number of rotatable bonds is 5. The molecule has 0 aliphatic carbocycles. The molecule has 2 heterocycles. The zero-order chi connectivity index (χ0) is 19.6. The van der Waals surface area contributed by atoms with Crippen molar-refractivity contribution in [2.24, 2.45) is 0 Å². The zero-order valence-corrected chi connectivity index (χ0v) is 16.3. The monoisotopic (exact) mass is 401 g/mol. The van der Waals surface area contributed by atoms with Crippen molar-refractivity contribution in [1.82, 2.24) is 9.55 Å². The summed E-state index contributed by atoms with van der Waals surface area (Å²) in [4.78, 5) is 28.8. The minimum atomic E-state index is -0.719. The van der Waals surface area contributed by atoms with Gasteiger partial charge in [-0.2, -0.15) is 0 Å². The lowest BCUT2D eigenvalue weighted by atomic mass is 10.1. The number of halogens is 2. The number of aromatic nitrogens is 2. The normalized spacial score (nSPS) is 10.7. The summed E-state index contributed by atoms with van der Waals surface area (Å²) < 4.78 is 1.99. The van der Waals surface area contributed by atoms with Gasteiger partial charge in [-0.15, -0.1) is 0 Å². The van der Waals surface area contributed by atoms with E-state index in [4.69, 9.17) is 23.2 Å². The molecule has 0 atom stereocenters. The minimum absolute atomic E-state index is 0.237. The first kappa shape index (κ1) is 19.1. The Morgan fingerprint density at radius 3 is 2.44 bits per heavy atom. The summed E-state index contributed by atoms with van der Waals surface area (Å²) in [6.07, 6.45) is 1.46. The van der Waals surface area contributed by atoms with Crippen LogP contribution >= 0.6 is 23.2 Å². The second-order valence-electron chi connectivity index (χ2n) is 6.15. The van der Waals surface area contributed by atoms with Crippen molar-refractivity contribution < 1.29 is 9.59 Å². The second-order valence-corrected chi connectivity index (χ2v) is 6.97. The molecule has 3 rings (SSSR count). The highest BCUT2D eigenvalue weighted by Gasteiger charge is 2.22. The molecule has 7 heteroatoms. The lowest BCUT2D eigenvalue weighted by molar-refractivity contribution is -0.112. The third-order valence-corrected chi connectivity index (χ3v) is 4.72. The SMILES string of the molecule is Cc1cc(C(=O)C(=O)Nc2ccnc(Cl)c2)c(C)n1Cc1ccc(Cl)cc1. The first-order valence-corrected chi connectivity index (χ1v) is 8.99. The molecule has 1 amide bonds. The van der Waals surface area contributed by atoms with E-state index in [0.29, 0.717) is 22.8 Å². The molecular formula is C20H17Cl2N3O2. The maximum atomic E-state index is 12.6. The first-order valence-electron chi connectivity index (χ1n) is 8.23. The van der Waals surface area contributed by atoms with Crippen molar-refractivity contribution >= 4 is 40.6 Å². The van der Waals surface area contributed by atoms with E-state index >= 15 is 0 Å². The Morgan fingerprint density at radius 2 is 1.78 bits per heavy atom. The van der Waals surface area contributed by atoms with Crippen LogP contribution in [0.3, 0.4) is 0 Å². The van der Waals surface area contributed by atoms with E-state index in [1.807, 2.05) is 42.7 Å². The molecule has 27 heavy (non-hydrogen) atoms. The van der Waals surface area contributed by atoms with Crippen LogP contribution in [-0.2, 0) is 11.3 Å². The summed E-state index contributed by atoms with van der Waals surface area (Å²) in [6.45, 7) is 4.32. The van der Waals surface area contributed by atoms with Crippen LogP contribution in [0, 0.1) is 13.8 Å². The van der Waals surface area contributed by atoms with Crippen molar-refractivity contribution in [3.63, 3.8) is 0 Å². The van der Waals surface area contributed by atoms with Gasteiger partial charge in [-0.3, -0.25) is 9.59 Å². The minimum Gasteiger partial charge on any atom is -0.344 e. The van der Waals surface area contributed by atoms with Crippen molar-refractivity contribution in [2.75, 3.05) is 5.32 Å². The molecule has 0 saturated heterocycles. The van der Waals surface area contributed by atoms with Crippen molar-refractivity contribution in [2.45, 2.75) is 20.4 Å². The summed E-state index contributed by atoms with van der Waals surface area (Å²) in [5.74, 6) is -1.32. The maximum absolute atomic E-state index is 12.6. The average Bonchev–Trinajstić information content (AvgIpc) is 2.91. The van der Waals surface area contributed by atoms with Crippen molar-refractivity contribution in [3.05, 3.63) is 81.4 Å². The number of carbonyl (C=O) groups excluding carboxylic acids is 2. The molecule has 0 spiro atoms. The number of nitrogens with one attached hydrogen (secondary N) is 1. The Morgan fingerprint density at radius 1 is 1.07 bits per heavy atom. The Balaban J connectivity index is 1.81. The van der Waals surface area contributed by atoms with Crippen LogP contribution in [-0.4, -0.2) is 21.2 Å². The van der Waals surface area contributed by atoms with E-state index in [-0.39, 0.29) is 5.15 Å². The average molecular weight is 402 g/mol. The van der Waals surface area contributed by atoms with Gasteiger partial charge in [0.1, 0.15) is 5.15 Å². The van der Waals surface area contributed by atoms with Crippen LogP contribution < -0.4 is 5.32 Å². The summed E-state index contributed by atoms with van der Waals surface area (Å²) in [5, 5.41) is 3.46. The summed E-state index contributed by atoms with van der Waals surface area (Å²) in [6, 6.07) is 12.3. The number of Topliss-reactive ketones (excluding diaryl/α,β-unsaturated/α-hetero) is 1. The number of anilines is 1. The fourth-order valence-electron chi connectivity index (χ4n) is 2.84. The molecule has 0 saturated carbocycles. The van der Waals surface area contributed by atoms with Gasteiger partial charge in [0, 0.05) is 40.4 Å². The van der Waals surface area contributed by atoms with Gasteiger partial charge in [0.05, 0.1) is 0 Å². The number of aryl methyl sites for hydroxylation is 1. The van der Waals surface area contributed by atoms with Gasteiger partial charge in [0.25, 0.3) is 11.7 Å². The van der Waals surface area contributed by atoms with Gasteiger partial charge in [0.2, 0.25) is 0 Å². The van der Waals surface area contributed by atoms with E-state index in [2.05, 4.69) is 10.3 Å². The van der Waals surface area contributed by atoms with Crippen LogP contribution in [0.2, 0.25) is 10.2 Å². The van der Waals surface area contributed by atoms with Crippen molar-refractivity contribution in [3.8, 4) is 0 Å². The van der Waals surface area contributed by atoms with Gasteiger partial charge in [-0.05, 0) is 49.7 Å². The molecular weight excluding hydrogens is 385 g/mol. The summed E-state index contributed by atoms with van der Waals surface area (Å²) >= 11 is 11.7. The third-order valence-electron chi connectivity index (χ3n) is 4.26. The van der Waals surface area contributed by atoms with Crippen LogP contribution in [0.4, 0.5) is 5.69 Å². The van der Waals surface area contributed by atoms with Gasteiger partial charge in [-0.25, -0.2) is 4.98 Å².